The fourth-order valence-corrected chi connectivity index (χ4v) is 4.76. The first-order chi connectivity index (χ1) is 14.8. The zero-order chi connectivity index (χ0) is 22.4. The van der Waals surface area contributed by atoms with Gasteiger partial charge in [-0.1, -0.05) is 11.6 Å². The SMILES string of the molecule is CCOc1ccc(N(CC(=O)N2CCN(C=O)CC2)S(=O)(=O)c2ccc(Cl)cc2)cc1. The summed E-state index contributed by atoms with van der Waals surface area (Å²) in [5.41, 5.74) is 0.346. The molecule has 166 valence electrons. The third-order valence-electron chi connectivity index (χ3n) is 4.93. The molecule has 1 saturated heterocycles. The number of piperazine rings is 1. The average molecular weight is 466 g/mol. The van der Waals surface area contributed by atoms with E-state index in [0.717, 1.165) is 10.7 Å². The second-order valence-electron chi connectivity index (χ2n) is 6.91. The Kier molecular flexibility index (Phi) is 7.40. The maximum Gasteiger partial charge on any atom is 0.264 e. The summed E-state index contributed by atoms with van der Waals surface area (Å²) in [5.74, 6) is 0.267. The van der Waals surface area contributed by atoms with Crippen molar-refractivity contribution in [2.24, 2.45) is 0 Å². The van der Waals surface area contributed by atoms with Gasteiger partial charge in [-0.2, -0.15) is 0 Å². The summed E-state index contributed by atoms with van der Waals surface area (Å²) in [6.45, 7) is 3.53. The molecule has 1 fully saturated rings. The second kappa shape index (κ2) is 10.0. The standard InChI is InChI=1S/C21H24ClN3O5S/c1-2-30-19-7-5-18(6-8-19)25(31(28,29)20-9-3-17(22)4-10-20)15-21(27)24-13-11-23(16-26)12-14-24/h3-10,16H,2,11-15H2,1H3. The molecule has 1 aliphatic rings. The Bertz CT molecular complexity index is 1000. The summed E-state index contributed by atoms with van der Waals surface area (Å²) >= 11 is 5.90. The van der Waals surface area contributed by atoms with E-state index >= 15 is 0 Å². The number of anilines is 1. The highest BCUT2D eigenvalue weighted by Crippen LogP contribution is 2.27. The van der Waals surface area contributed by atoms with Crippen LogP contribution >= 0.6 is 11.6 Å². The molecule has 0 spiro atoms. The number of nitrogens with zero attached hydrogens (tertiary/aromatic N) is 3. The zero-order valence-electron chi connectivity index (χ0n) is 17.1. The lowest BCUT2D eigenvalue weighted by molar-refractivity contribution is -0.133. The highest BCUT2D eigenvalue weighted by atomic mass is 35.5. The smallest absolute Gasteiger partial charge is 0.264 e. The Balaban J connectivity index is 1.89. The molecule has 8 nitrogen and oxygen atoms in total. The zero-order valence-corrected chi connectivity index (χ0v) is 18.7. The van der Waals surface area contributed by atoms with Gasteiger partial charge in [-0.25, -0.2) is 8.42 Å². The van der Waals surface area contributed by atoms with Crippen LogP contribution < -0.4 is 9.04 Å². The topological polar surface area (TPSA) is 87.2 Å². The number of benzene rings is 2. The Hall–Kier alpha value is -2.78. The lowest BCUT2D eigenvalue weighted by Crippen LogP contribution is -2.51. The number of carbonyl (C=O) groups is 2. The first-order valence-electron chi connectivity index (χ1n) is 9.83. The van der Waals surface area contributed by atoms with Gasteiger partial charge in [-0.05, 0) is 55.5 Å². The molecule has 31 heavy (non-hydrogen) atoms. The number of hydrogen-bond acceptors (Lipinski definition) is 5. The summed E-state index contributed by atoms with van der Waals surface area (Å²) in [5, 5.41) is 0.413. The third-order valence-corrected chi connectivity index (χ3v) is 6.97. The van der Waals surface area contributed by atoms with Crippen LogP contribution in [0, 0.1) is 0 Å². The molecule has 0 N–H and O–H groups in total. The van der Waals surface area contributed by atoms with Gasteiger partial charge in [0.1, 0.15) is 12.3 Å². The Labute approximate surface area is 187 Å². The van der Waals surface area contributed by atoms with Gasteiger partial charge in [0.2, 0.25) is 12.3 Å². The van der Waals surface area contributed by atoms with E-state index in [4.69, 9.17) is 16.3 Å². The van der Waals surface area contributed by atoms with Gasteiger partial charge in [0.15, 0.2) is 0 Å². The van der Waals surface area contributed by atoms with E-state index < -0.39 is 10.0 Å². The lowest BCUT2D eigenvalue weighted by atomic mass is 10.3. The molecule has 0 radical (unpaired) electrons. The van der Waals surface area contributed by atoms with E-state index in [1.807, 2.05) is 6.92 Å². The molecule has 0 saturated carbocycles. The molecule has 1 aliphatic heterocycles. The molecule has 10 heteroatoms. The van der Waals surface area contributed by atoms with Gasteiger partial charge in [0, 0.05) is 31.2 Å². The van der Waals surface area contributed by atoms with E-state index in [0.29, 0.717) is 49.2 Å². The average Bonchev–Trinajstić information content (AvgIpc) is 2.78. The van der Waals surface area contributed by atoms with Crippen molar-refractivity contribution in [1.82, 2.24) is 9.80 Å². The summed E-state index contributed by atoms with van der Waals surface area (Å²) in [6, 6.07) is 12.3. The minimum Gasteiger partial charge on any atom is -0.494 e. The van der Waals surface area contributed by atoms with Crippen LogP contribution in [0.1, 0.15) is 6.92 Å². The first-order valence-corrected chi connectivity index (χ1v) is 11.6. The van der Waals surface area contributed by atoms with Crippen LogP contribution in [0.3, 0.4) is 0 Å². The van der Waals surface area contributed by atoms with Crippen molar-refractivity contribution in [3.63, 3.8) is 0 Å². The molecule has 1 heterocycles. The first kappa shape index (κ1) is 22.9. The highest BCUT2D eigenvalue weighted by Gasteiger charge is 2.30. The molecule has 0 aromatic heterocycles. The van der Waals surface area contributed by atoms with Gasteiger partial charge in [-0.3, -0.25) is 13.9 Å². The van der Waals surface area contributed by atoms with Crippen LogP contribution in [-0.2, 0) is 19.6 Å². The van der Waals surface area contributed by atoms with Gasteiger partial charge >= 0.3 is 0 Å². The van der Waals surface area contributed by atoms with E-state index in [1.165, 1.54) is 24.3 Å². The number of amides is 2. The summed E-state index contributed by atoms with van der Waals surface area (Å²) in [6.07, 6.45) is 0.749. The maximum absolute atomic E-state index is 13.4. The van der Waals surface area contributed by atoms with Crippen LogP contribution in [0.5, 0.6) is 5.75 Å². The Morgan fingerprint density at radius 1 is 1.06 bits per heavy atom. The van der Waals surface area contributed by atoms with Crippen molar-refractivity contribution in [1.29, 1.82) is 0 Å². The quantitative estimate of drug-likeness (QED) is 0.558. The number of halogens is 1. The molecule has 3 rings (SSSR count). The van der Waals surface area contributed by atoms with Crippen LogP contribution in [0.4, 0.5) is 5.69 Å². The molecular formula is C21H24ClN3O5S. The molecule has 2 aromatic carbocycles. The maximum atomic E-state index is 13.4. The summed E-state index contributed by atoms with van der Waals surface area (Å²) in [7, 11) is -4.03. The number of sulfonamides is 1. The van der Waals surface area contributed by atoms with Crippen LogP contribution in [0.2, 0.25) is 5.02 Å². The van der Waals surface area contributed by atoms with Crippen molar-refractivity contribution in [2.75, 3.05) is 43.6 Å². The van der Waals surface area contributed by atoms with Gasteiger partial charge < -0.3 is 14.5 Å². The minimum absolute atomic E-state index is 0.0318. The fourth-order valence-electron chi connectivity index (χ4n) is 3.22. The lowest BCUT2D eigenvalue weighted by Gasteiger charge is -2.34. The normalized spacial score (nSPS) is 14.3. The van der Waals surface area contributed by atoms with E-state index in [2.05, 4.69) is 0 Å². The largest absolute Gasteiger partial charge is 0.494 e. The van der Waals surface area contributed by atoms with Crippen molar-refractivity contribution in [3.8, 4) is 5.75 Å². The second-order valence-corrected chi connectivity index (χ2v) is 9.21. The molecule has 2 amide bonds. The minimum atomic E-state index is -4.03. The van der Waals surface area contributed by atoms with Crippen LogP contribution in [-0.4, -0.2) is 69.9 Å². The van der Waals surface area contributed by atoms with Crippen molar-refractivity contribution in [2.45, 2.75) is 11.8 Å². The fraction of sp³-hybridized carbons (Fsp3) is 0.333. The number of carbonyl (C=O) groups excluding carboxylic acids is 2. The summed E-state index contributed by atoms with van der Waals surface area (Å²) < 4.78 is 33.3. The summed E-state index contributed by atoms with van der Waals surface area (Å²) in [4.78, 5) is 27.0. The molecule has 0 atom stereocenters. The Morgan fingerprint density at radius 2 is 1.68 bits per heavy atom. The molecule has 0 unspecified atom stereocenters. The predicted octanol–water partition coefficient (Wildman–Crippen LogP) is 2.23. The third kappa shape index (κ3) is 5.48. The van der Waals surface area contributed by atoms with Crippen LogP contribution in [0.15, 0.2) is 53.4 Å². The molecule has 0 aliphatic carbocycles. The van der Waals surface area contributed by atoms with Crippen LogP contribution in [0.25, 0.3) is 0 Å². The van der Waals surface area contributed by atoms with E-state index in [-0.39, 0.29) is 17.3 Å². The van der Waals surface area contributed by atoms with Crippen molar-refractivity contribution < 1.29 is 22.7 Å². The van der Waals surface area contributed by atoms with E-state index in [9.17, 15) is 18.0 Å². The molecule has 0 bridgehead atoms. The Morgan fingerprint density at radius 3 is 2.23 bits per heavy atom. The monoisotopic (exact) mass is 465 g/mol. The van der Waals surface area contributed by atoms with Gasteiger partial charge in [0.05, 0.1) is 17.2 Å². The number of ether oxygens (including phenoxy) is 1. The highest BCUT2D eigenvalue weighted by molar-refractivity contribution is 7.92. The number of rotatable bonds is 8. The van der Waals surface area contributed by atoms with Crippen molar-refractivity contribution >= 4 is 39.6 Å². The predicted molar refractivity (Wildman–Crippen MR) is 118 cm³/mol. The molecular weight excluding hydrogens is 442 g/mol. The van der Waals surface area contributed by atoms with Gasteiger partial charge in [-0.15, -0.1) is 0 Å². The van der Waals surface area contributed by atoms with Crippen molar-refractivity contribution in [3.05, 3.63) is 53.6 Å². The molecule has 2 aromatic rings. The number of hydrogen-bond donors (Lipinski definition) is 0. The van der Waals surface area contributed by atoms with Gasteiger partial charge in [0.25, 0.3) is 10.0 Å². The van der Waals surface area contributed by atoms with E-state index in [1.54, 1.807) is 34.1 Å².